The van der Waals surface area contributed by atoms with Gasteiger partial charge in [-0.3, -0.25) is 4.79 Å². The summed E-state index contributed by atoms with van der Waals surface area (Å²) in [5, 5.41) is 3.19. The third-order valence-corrected chi connectivity index (χ3v) is 4.86. The quantitative estimate of drug-likeness (QED) is 0.833. The minimum absolute atomic E-state index is 0.0322. The van der Waals surface area contributed by atoms with E-state index >= 15 is 0 Å². The summed E-state index contributed by atoms with van der Waals surface area (Å²) >= 11 is 0. The summed E-state index contributed by atoms with van der Waals surface area (Å²) < 4.78 is 0. The van der Waals surface area contributed by atoms with Gasteiger partial charge in [0.15, 0.2) is 0 Å². The molecule has 3 nitrogen and oxygen atoms in total. The van der Waals surface area contributed by atoms with E-state index in [1.807, 2.05) is 6.92 Å². The number of carbonyl (C=O) groups is 1. The smallest absolute Gasteiger partial charge is 0.227 e. The summed E-state index contributed by atoms with van der Waals surface area (Å²) in [4.78, 5) is 12.8. The van der Waals surface area contributed by atoms with Gasteiger partial charge in [0.1, 0.15) is 0 Å². The van der Waals surface area contributed by atoms with Crippen molar-refractivity contribution in [2.24, 2.45) is 11.1 Å². The number of hydrogen-bond acceptors (Lipinski definition) is 2. The van der Waals surface area contributed by atoms with Gasteiger partial charge >= 0.3 is 0 Å². The van der Waals surface area contributed by atoms with E-state index in [0.29, 0.717) is 6.54 Å². The molecule has 1 aliphatic rings. The number of hydrogen-bond donors (Lipinski definition) is 2. The van der Waals surface area contributed by atoms with Crippen molar-refractivity contribution in [2.45, 2.75) is 58.4 Å². The molecule has 0 bridgehead atoms. The minimum Gasteiger partial charge on any atom is -0.349 e. The summed E-state index contributed by atoms with van der Waals surface area (Å²) in [7, 11) is 0. The highest BCUT2D eigenvalue weighted by Crippen LogP contribution is 2.35. The maximum Gasteiger partial charge on any atom is 0.227 e. The zero-order chi connectivity index (χ0) is 15.3. The van der Waals surface area contributed by atoms with Crippen LogP contribution in [0.5, 0.6) is 0 Å². The second-order valence-electron chi connectivity index (χ2n) is 6.50. The van der Waals surface area contributed by atoms with Crippen molar-refractivity contribution in [1.29, 1.82) is 0 Å². The highest BCUT2D eigenvalue weighted by Gasteiger charge is 2.37. The molecule has 0 spiro atoms. The molecule has 116 valence electrons. The molecule has 1 fully saturated rings. The predicted molar refractivity (Wildman–Crippen MR) is 86.9 cm³/mol. The Hall–Kier alpha value is -1.35. The fourth-order valence-corrected chi connectivity index (χ4v) is 3.22. The first-order valence-corrected chi connectivity index (χ1v) is 8.15. The second kappa shape index (κ2) is 7.08. The Labute approximate surface area is 128 Å². The van der Waals surface area contributed by atoms with Crippen molar-refractivity contribution >= 4 is 5.91 Å². The Morgan fingerprint density at radius 3 is 2.29 bits per heavy atom. The van der Waals surface area contributed by atoms with Crippen molar-refractivity contribution in [3.8, 4) is 0 Å². The Kier molecular flexibility index (Phi) is 5.40. The molecule has 0 saturated heterocycles. The first-order chi connectivity index (χ1) is 10.1. The van der Waals surface area contributed by atoms with Crippen molar-refractivity contribution < 1.29 is 4.79 Å². The van der Waals surface area contributed by atoms with Crippen LogP contribution in [-0.4, -0.2) is 12.5 Å². The minimum atomic E-state index is -0.352. The molecule has 1 saturated carbocycles. The van der Waals surface area contributed by atoms with E-state index in [1.165, 1.54) is 18.4 Å². The van der Waals surface area contributed by atoms with Gasteiger partial charge in [0.25, 0.3) is 0 Å². The molecule has 1 aromatic carbocycles. The predicted octanol–water partition coefficient (Wildman–Crippen LogP) is 3.47. The number of aryl methyl sites for hydroxylation is 1. The summed E-state index contributed by atoms with van der Waals surface area (Å²) in [6.45, 7) is 4.57. The van der Waals surface area contributed by atoms with Crippen LogP contribution in [0.15, 0.2) is 24.3 Å². The number of benzene rings is 1. The zero-order valence-electron chi connectivity index (χ0n) is 13.3. The number of nitrogens with one attached hydrogen (secondary N) is 1. The lowest BCUT2D eigenvalue weighted by atomic mass is 9.79. The lowest BCUT2D eigenvalue weighted by molar-refractivity contribution is -0.132. The van der Waals surface area contributed by atoms with E-state index in [0.717, 1.165) is 31.2 Å². The molecule has 3 heteroatoms. The Morgan fingerprint density at radius 2 is 1.76 bits per heavy atom. The molecule has 1 amide bonds. The molecule has 1 atom stereocenters. The molecule has 0 aromatic heterocycles. The molecule has 1 aliphatic carbocycles. The van der Waals surface area contributed by atoms with E-state index in [1.54, 1.807) is 0 Å². The fourth-order valence-electron chi connectivity index (χ4n) is 3.22. The van der Waals surface area contributed by atoms with Crippen LogP contribution in [0.1, 0.15) is 62.6 Å². The Bertz CT molecular complexity index is 459. The van der Waals surface area contributed by atoms with Gasteiger partial charge in [-0.1, -0.05) is 55.5 Å². The Balaban J connectivity index is 2.06. The van der Waals surface area contributed by atoms with Gasteiger partial charge in [0, 0.05) is 6.54 Å². The van der Waals surface area contributed by atoms with Crippen LogP contribution < -0.4 is 11.1 Å². The van der Waals surface area contributed by atoms with Crippen LogP contribution in [0.3, 0.4) is 0 Å². The second-order valence-corrected chi connectivity index (χ2v) is 6.50. The van der Waals surface area contributed by atoms with Gasteiger partial charge in [-0.05, 0) is 32.3 Å². The summed E-state index contributed by atoms with van der Waals surface area (Å²) in [6, 6.07) is 8.38. The van der Waals surface area contributed by atoms with Gasteiger partial charge in [-0.25, -0.2) is 0 Å². The molecule has 1 aromatic rings. The average molecular weight is 288 g/mol. The zero-order valence-corrected chi connectivity index (χ0v) is 13.3. The van der Waals surface area contributed by atoms with E-state index in [9.17, 15) is 4.79 Å². The largest absolute Gasteiger partial charge is 0.349 e. The summed E-state index contributed by atoms with van der Waals surface area (Å²) in [5.74, 6) is 0.139. The maximum atomic E-state index is 12.8. The van der Waals surface area contributed by atoms with Crippen LogP contribution in [-0.2, 0) is 4.79 Å². The Morgan fingerprint density at radius 1 is 1.19 bits per heavy atom. The highest BCUT2D eigenvalue weighted by atomic mass is 16.2. The number of nitrogens with two attached hydrogens (primary N) is 1. The van der Waals surface area contributed by atoms with E-state index in [2.05, 4.69) is 36.5 Å². The van der Waals surface area contributed by atoms with Gasteiger partial charge in [-0.15, -0.1) is 0 Å². The number of amides is 1. The van der Waals surface area contributed by atoms with Gasteiger partial charge < -0.3 is 11.1 Å². The standard InChI is InChI=1S/C18H28N2O/c1-14-7-9-16(10-8-14)15(2)20-17(21)18(13-19)11-5-3-4-6-12-18/h7-10,15H,3-6,11-13,19H2,1-2H3,(H,20,21)/t15-/m1/s1. The lowest BCUT2D eigenvalue weighted by Gasteiger charge is -2.31. The number of carbonyl (C=O) groups excluding carboxylic acids is 1. The van der Waals surface area contributed by atoms with Crippen molar-refractivity contribution in [3.05, 3.63) is 35.4 Å². The molecular weight excluding hydrogens is 260 g/mol. The third kappa shape index (κ3) is 3.85. The molecule has 21 heavy (non-hydrogen) atoms. The average Bonchev–Trinajstić information content (AvgIpc) is 2.74. The van der Waals surface area contributed by atoms with Crippen molar-refractivity contribution in [2.75, 3.05) is 6.54 Å². The third-order valence-electron chi connectivity index (χ3n) is 4.86. The van der Waals surface area contributed by atoms with Crippen LogP contribution in [0.25, 0.3) is 0 Å². The summed E-state index contributed by atoms with van der Waals surface area (Å²) in [5.41, 5.74) is 8.01. The highest BCUT2D eigenvalue weighted by molar-refractivity contribution is 5.83. The van der Waals surface area contributed by atoms with E-state index in [-0.39, 0.29) is 17.4 Å². The van der Waals surface area contributed by atoms with Crippen molar-refractivity contribution in [1.82, 2.24) is 5.32 Å². The van der Waals surface area contributed by atoms with E-state index < -0.39 is 0 Å². The topological polar surface area (TPSA) is 55.1 Å². The van der Waals surface area contributed by atoms with Crippen LogP contribution in [0, 0.1) is 12.3 Å². The molecule has 0 radical (unpaired) electrons. The van der Waals surface area contributed by atoms with Gasteiger partial charge in [0.05, 0.1) is 11.5 Å². The van der Waals surface area contributed by atoms with E-state index in [4.69, 9.17) is 5.73 Å². The molecule has 0 unspecified atom stereocenters. The molecule has 2 rings (SSSR count). The lowest BCUT2D eigenvalue weighted by Crippen LogP contribution is -2.46. The normalized spacial score (nSPS) is 19.6. The molecule has 0 aliphatic heterocycles. The van der Waals surface area contributed by atoms with Crippen LogP contribution in [0.2, 0.25) is 0 Å². The van der Waals surface area contributed by atoms with Gasteiger partial charge in [-0.2, -0.15) is 0 Å². The van der Waals surface area contributed by atoms with Crippen LogP contribution in [0.4, 0.5) is 0 Å². The first kappa shape index (κ1) is 16.0. The van der Waals surface area contributed by atoms with Crippen LogP contribution >= 0.6 is 0 Å². The van der Waals surface area contributed by atoms with Crippen molar-refractivity contribution in [3.63, 3.8) is 0 Å². The summed E-state index contributed by atoms with van der Waals surface area (Å²) in [6.07, 6.45) is 6.53. The van der Waals surface area contributed by atoms with Gasteiger partial charge in [0.2, 0.25) is 5.91 Å². The monoisotopic (exact) mass is 288 g/mol. The molecule has 3 N–H and O–H groups in total. The SMILES string of the molecule is Cc1ccc([C@@H](C)NC(=O)C2(CN)CCCCCC2)cc1. The fraction of sp³-hybridized carbons (Fsp3) is 0.611. The molecular formula is C18H28N2O. The maximum absolute atomic E-state index is 12.8. The first-order valence-electron chi connectivity index (χ1n) is 8.15. The number of rotatable bonds is 4. The molecule has 0 heterocycles.